The van der Waals surface area contributed by atoms with Crippen LogP contribution in [0.15, 0.2) is 58.6 Å². The van der Waals surface area contributed by atoms with Gasteiger partial charge in [0.25, 0.3) is 10.0 Å². The molecule has 0 unspecified atom stereocenters. The van der Waals surface area contributed by atoms with Crippen molar-refractivity contribution in [1.82, 2.24) is 0 Å². The molecule has 0 radical (unpaired) electrons. The molecule has 4 rings (SSSR count). The highest BCUT2D eigenvalue weighted by Gasteiger charge is 2.35. The molecule has 0 aliphatic carbocycles. The van der Waals surface area contributed by atoms with E-state index in [1.165, 1.54) is 41.6 Å². The van der Waals surface area contributed by atoms with E-state index in [9.17, 15) is 18.0 Å². The number of rotatable bonds is 5. The Morgan fingerprint density at radius 1 is 1.03 bits per heavy atom. The van der Waals surface area contributed by atoms with Gasteiger partial charge in [0.1, 0.15) is 12.4 Å². The maximum atomic E-state index is 13.6. The Kier molecular flexibility index (Phi) is 6.83. The minimum atomic E-state index is -3.95. The molecule has 9 nitrogen and oxygen atoms in total. The normalized spacial score (nSPS) is 16.2. The molecule has 0 amide bonds. The smallest absolute Gasteiger partial charge is 0.355 e. The van der Waals surface area contributed by atoms with Crippen molar-refractivity contribution in [3.05, 3.63) is 64.3 Å². The summed E-state index contributed by atoms with van der Waals surface area (Å²) in [6.45, 7) is 0.0123. The van der Waals surface area contributed by atoms with Crippen molar-refractivity contribution in [3.63, 3.8) is 0 Å². The number of methoxy groups -OCH3 is 2. The number of anilines is 2. The van der Waals surface area contributed by atoms with E-state index in [2.05, 4.69) is 0 Å². The first-order valence-electron chi connectivity index (χ1n) is 10.4. The van der Waals surface area contributed by atoms with Crippen LogP contribution in [0.2, 0.25) is 5.02 Å². The molecule has 2 heterocycles. The number of halogens is 1. The third-order valence-electron chi connectivity index (χ3n) is 5.70. The number of aryl methyl sites for hydroxylation is 1. The van der Waals surface area contributed by atoms with Gasteiger partial charge in [-0.3, -0.25) is 4.31 Å². The fraction of sp³-hybridized carbons (Fsp3) is 0.304. The van der Waals surface area contributed by atoms with Gasteiger partial charge in [-0.1, -0.05) is 29.8 Å². The lowest BCUT2D eigenvalue weighted by Crippen LogP contribution is -2.39. The molecule has 0 aromatic heterocycles. The predicted octanol–water partition coefficient (Wildman–Crippen LogP) is 2.88. The number of carbonyl (C=O) groups excluding carboxylic acids is 2. The van der Waals surface area contributed by atoms with E-state index in [0.717, 1.165) is 12.0 Å². The van der Waals surface area contributed by atoms with Crippen LogP contribution >= 0.6 is 11.6 Å². The molecule has 2 aromatic carbocycles. The van der Waals surface area contributed by atoms with E-state index in [-0.39, 0.29) is 40.2 Å². The number of nitrogens with zero attached hydrogens (tertiary/aromatic N) is 2. The van der Waals surface area contributed by atoms with Gasteiger partial charge in [0.2, 0.25) is 0 Å². The topological polar surface area (TPSA) is 102 Å². The van der Waals surface area contributed by atoms with E-state index in [1.54, 1.807) is 12.1 Å². The van der Waals surface area contributed by atoms with E-state index in [1.807, 2.05) is 12.1 Å². The van der Waals surface area contributed by atoms with Crippen LogP contribution in [0.1, 0.15) is 12.0 Å². The van der Waals surface area contributed by atoms with Crippen molar-refractivity contribution in [2.24, 2.45) is 0 Å². The van der Waals surface area contributed by atoms with E-state index >= 15 is 0 Å². The molecule has 0 spiro atoms. The summed E-state index contributed by atoms with van der Waals surface area (Å²) in [5.74, 6) is -1.58. The molecular formula is C23H23ClN2O7S. The van der Waals surface area contributed by atoms with Crippen molar-refractivity contribution in [2.75, 3.05) is 43.3 Å². The Morgan fingerprint density at radius 2 is 1.76 bits per heavy atom. The van der Waals surface area contributed by atoms with Crippen LogP contribution in [0, 0.1) is 0 Å². The molecule has 0 atom stereocenters. The molecule has 34 heavy (non-hydrogen) atoms. The molecular weight excluding hydrogens is 484 g/mol. The highest BCUT2D eigenvalue weighted by molar-refractivity contribution is 7.92. The number of esters is 2. The SMILES string of the molecule is COC(=O)C1=C(C(=O)OC)N(c2cc(S(=O)(=O)N3CCCc4ccccc43)ccc2Cl)COC1. The highest BCUT2D eigenvalue weighted by atomic mass is 35.5. The fourth-order valence-corrected chi connectivity index (χ4v) is 5.85. The summed E-state index contributed by atoms with van der Waals surface area (Å²) < 4.78 is 43.8. The van der Waals surface area contributed by atoms with E-state index in [0.29, 0.717) is 18.7 Å². The largest absolute Gasteiger partial charge is 0.466 e. The Balaban J connectivity index is 1.81. The number of benzene rings is 2. The first-order valence-corrected chi connectivity index (χ1v) is 12.3. The van der Waals surface area contributed by atoms with E-state index < -0.39 is 22.0 Å². The molecule has 2 aliphatic rings. The van der Waals surface area contributed by atoms with Crippen LogP contribution < -0.4 is 9.21 Å². The van der Waals surface area contributed by atoms with Crippen molar-refractivity contribution in [1.29, 1.82) is 0 Å². The van der Waals surface area contributed by atoms with Gasteiger partial charge in [0.05, 0.1) is 47.7 Å². The standard InChI is InChI=1S/C23H23ClN2O7S/c1-31-22(27)17-13-33-14-25(21(17)23(28)32-2)20-12-16(9-10-18(20)24)34(29,30)26-11-5-7-15-6-3-4-8-19(15)26/h3-4,6,8-10,12H,5,7,11,13-14H2,1-2H3. The molecule has 2 aliphatic heterocycles. The second-order valence-corrected chi connectivity index (χ2v) is 9.91. The summed E-state index contributed by atoms with van der Waals surface area (Å²) in [5, 5.41) is 0.161. The number of para-hydroxylation sites is 1. The Hall–Kier alpha value is -3.08. The van der Waals surface area contributed by atoms with Gasteiger partial charge in [-0.05, 0) is 42.7 Å². The summed E-state index contributed by atoms with van der Waals surface area (Å²) in [7, 11) is -1.59. The molecule has 0 saturated carbocycles. The Bertz CT molecular complexity index is 1280. The zero-order valence-electron chi connectivity index (χ0n) is 18.6. The summed E-state index contributed by atoms with van der Waals surface area (Å²) >= 11 is 6.42. The van der Waals surface area contributed by atoms with Gasteiger partial charge in [-0.25, -0.2) is 18.0 Å². The average Bonchev–Trinajstić information content (AvgIpc) is 2.87. The summed E-state index contributed by atoms with van der Waals surface area (Å²) in [4.78, 5) is 26.2. The summed E-state index contributed by atoms with van der Waals surface area (Å²) in [6.07, 6.45) is 1.48. The van der Waals surface area contributed by atoms with Crippen molar-refractivity contribution >= 4 is 44.9 Å². The van der Waals surface area contributed by atoms with Gasteiger partial charge < -0.3 is 19.1 Å². The number of ether oxygens (including phenoxy) is 3. The molecule has 0 bridgehead atoms. The quantitative estimate of drug-likeness (QED) is 0.570. The van der Waals surface area contributed by atoms with Crippen molar-refractivity contribution in [3.8, 4) is 0 Å². The predicted molar refractivity (Wildman–Crippen MR) is 125 cm³/mol. The molecule has 2 aromatic rings. The Morgan fingerprint density at radius 3 is 2.50 bits per heavy atom. The zero-order chi connectivity index (χ0) is 24.5. The van der Waals surface area contributed by atoms with Gasteiger partial charge in [-0.15, -0.1) is 0 Å². The lowest BCUT2D eigenvalue weighted by Gasteiger charge is -2.33. The molecule has 0 saturated heterocycles. The number of sulfonamides is 1. The summed E-state index contributed by atoms with van der Waals surface area (Å²) in [5.41, 5.74) is 1.58. The first kappa shape index (κ1) is 24.1. The average molecular weight is 507 g/mol. The maximum Gasteiger partial charge on any atom is 0.355 e. The molecule has 11 heteroatoms. The maximum absolute atomic E-state index is 13.6. The number of hydrogen-bond acceptors (Lipinski definition) is 8. The second-order valence-electron chi connectivity index (χ2n) is 7.64. The van der Waals surface area contributed by atoms with Crippen molar-refractivity contribution in [2.45, 2.75) is 17.7 Å². The van der Waals surface area contributed by atoms with Crippen LogP contribution in [-0.4, -0.2) is 54.5 Å². The van der Waals surface area contributed by atoms with Crippen LogP contribution in [0.25, 0.3) is 0 Å². The summed E-state index contributed by atoms with van der Waals surface area (Å²) in [6, 6.07) is 11.6. The monoisotopic (exact) mass is 506 g/mol. The first-order chi connectivity index (χ1) is 16.3. The van der Waals surface area contributed by atoms with Crippen LogP contribution in [0.3, 0.4) is 0 Å². The number of hydrogen-bond donors (Lipinski definition) is 0. The third-order valence-corrected chi connectivity index (χ3v) is 7.83. The number of carbonyl (C=O) groups is 2. The molecule has 0 N–H and O–H groups in total. The lowest BCUT2D eigenvalue weighted by molar-refractivity contribution is -0.140. The van der Waals surface area contributed by atoms with Gasteiger partial charge >= 0.3 is 11.9 Å². The van der Waals surface area contributed by atoms with Crippen LogP contribution in [-0.2, 0) is 40.2 Å². The fourth-order valence-electron chi connectivity index (χ4n) is 4.07. The minimum absolute atomic E-state index is 0.0157. The highest BCUT2D eigenvalue weighted by Crippen LogP contribution is 2.37. The Labute approximate surface area is 202 Å². The third kappa shape index (κ3) is 4.24. The van der Waals surface area contributed by atoms with Gasteiger partial charge in [0, 0.05) is 6.54 Å². The molecule has 180 valence electrons. The van der Waals surface area contributed by atoms with Crippen LogP contribution in [0.4, 0.5) is 11.4 Å². The van der Waals surface area contributed by atoms with Crippen LogP contribution in [0.5, 0.6) is 0 Å². The zero-order valence-corrected chi connectivity index (χ0v) is 20.2. The van der Waals surface area contributed by atoms with E-state index in [4.69, 9.17) is 25.8 Å². The number of fused-ring (bicyclic) bond motifs is 1. The van der Waals surface area contributed by atoms with Gasteiger partial charge in [0.15, 0.2) is 0 Å². The van der Waals surface area contributed by atoms with Crippen molar-refractivity contribution < 1.29 is 32.2 Å². The second kappa shape index (κ2) is 9.65. The van der Waals surface area contributed by atoms with Gasteiger partial charge in [-0.2, -0.15) is 0 Å². The minimum Gasteiger partial charge on any atom is -0.466 e. The molecule has 0 fully saturated rings. The lowest BCUT2D eigenvalue weighted by atomic mass is 10.0.